The summed E-state index contributed by atoms with van der Waals surface area (Å²) in [6.07, 6.45) is 12.0. The Bertz CT molecular complexity index is 423. The van der Waals surface area contributed by atoms with Crippen LogP contribution in [-0.2, 0) is 18.9 Å². The molecule has 1 amide bonds. The SMILES string of the molecule is CCCCCCCCCCCCSS(=O)N(C)C(=O)OS/N=C(\C)OC. The van der Waals surface area contributed by atoms with Gasteiger partial charge in [-0.1, -0.05) is 64.7 Å². The lowest BCUT2D eigenvalue weighted by atomic mass is 10.1. The van der Waals surface area contributed by atoms with E-state index in [1.54, 1.807) is 6.92 Å². The third-order valence-electron chi connectivity index (χ3n) is 3.73. The highest BCUT2D eigenvalue weighted by molar-refractivity contribution is 8.68. The van der Waals surface area contributed by atoms with E-state index in [1.165, 1.54) is 76.3 Å². The van der Waals surface area contributed by atoms with Gasteiger partial charge in [0.05, 0.1) is 7.11 Å². The molecule has 0 heterocycles. The predicted octanol–water partition coefficient (Wildman–Crippen LogP) is 5.92. The first-order valence-electron chi connectivity index (χ1n) is 9.28. The molecule has 26 heavy (non-hydrogen) atoms. The molecule has 0 saturated heterocycles. The molecule has 0 radical (unpaired) electrons. The van der Waals surface area contributed by atoms with Gasteiger partial charge in [0.2, 0.25) is 12.2 Å². The van der Waals surface area contributed by atoms with Gasteiger partial charge in [-0.3, -0.25) is 0 Å². The van der Waals surface area contributed by atoms with E-state index in [9.17, 15) is 9.00 Å². The molecule has 0 spiro atoms. The Labute approximate surface area is 169 Å². The molecule has 0 aromatic heterocycles. The third kappa shape index (κ3) is 14.7. The van der Waals surface area contributed by atoms with Crippen LogP contribution in [0, 0.1) is 0 Å². The highest BCUT2D eigenvalue weighted by atomic mass is 33.1. The molecule has 0 rings (SSSR count). The van der Waals surface area contributed by atoms with Gasteiger partial charge in [-0.15, -0.1) is 4.40 Å². The highest BCUT2D eigenvalue weighted by Gasteiger charge is 2.18. The number of amides is 1. The minimum atomic E-state index is -1.44. The van der Waals surface area contributed by atoms with Crippen LogP contribution in [0.1, 0.15) is 78.1 Å². The van der Waals surface area contributed by atoms with Crippen molar-refractivity contribution in [1.82, 2.24) is 4.31 Å². The van der Waals surface area contributed by atoms with E-state index in [0.29, 0.717) is 18.1 Å². The van der Waals surface area contributed by atoms with Crippen molar-refractivity contribution < 1.29 is 17.9 Å². The number of carbonyl (C=O) groups is 1. The maximum absolute atomic E-state index is 12.0. The fourth-order valence-corrected chi connectivity index (χ4v) is 4.71. The van der Waals surface area contributed by atoms with Gasteiger partial charge in [0.15, 0.2) is 15.9 Å². The maximum Gasteiger partial charge on any atom is 0.435 e. The maximum atomic E-state index is 12.0. The topological polar surface area (TPSA) is 68.2 Å². The van der Waals surface area contributed by atoms with Crippen molar-refractivity contribution in [2.24, 2.45) is 4.40 Å². The number of unbranched alkanes of at least 4 members (excludes halogenated alkanes) is 9. The Morgan fingerprint density at radius 1 is 1.04 bits per heavy atom. The molecule has 0 aliphatic heterocycles. The first kappa shape index (κ1) is 25.6. The van der Waals surface area contributed by atoms with E-state index < -0.39 is 16.1 Å². The second kappa shape index (κ2) is 18.0. The van der Waals surface area contributed by atoms with Crippen LogP contribution in [-0.4, -0.2) is 40.4 Å². The first-order chi connectivity index (χ1) is 12.5. The van der Waals surface area contributed by atoms with Gasteiger partial charge >= 0.3 is 6.09 Å². The smallest absolute Gasteiger partial charge is 0.435 e. The van der Waals surface area contributed by atoms with Crippen molar-refractivity contribution in [1.29, 1.82) is 0 Å². The molecular formula is C17H34N2O4S3. The van der Waals surface area contributed by atoms with E-state index in [1.807, 2.05) is 0 Å². The lowest BCUT2D eigenvalue weighted by Gasteiger charge is -2.13. The zero-order valence-electron chi connectivity index (χ0n) is 16.5. The van der Waals surface area contributed by atoms with Gasteiger partial charge in [0.1, 0.15) is 0 Å². The lowest BCUT2D eigenvalue weighted by molar-refractivity contribution is 0.195. The summed E-state index contributed by atoms with van der Waals surface area (Å²) in [6, 6.07) is 0. The van der Waals surface area contributed by atoms with Crippen LogP contribution >= 0.6 is 23.0 Å². The molecule has 6 nitrogen and oxygen atoms in total. The first-order valence-corrected chi connectivity index (χ1v) is 12.6. The average Bonchev–Trinajstić information content (AvgIpc) is 2.64. The van der Waals surface area contributed by atoms with E-state index in [-0.39, 0.29) is 0 Å². The zero-order chi connectivity index (χ0) is 19.6. The number of rotatable bonds is 15. The minimum absolute atomic E-state index is 0.391. The summed E-state index contributed by atoms with van der Waals surface area (Å²) in [5, 5.41) is 0. The van der Waals surface area contributed by atoms with Crippen molar-refractivity contribution in [3.05, 3.63) is 0 Å². The Kier molecular flexibility index (Phi) is 17.7. The van der Waals surface area contributed by atoms with Crippen molar-refractivity contribution in [2.75, 3.05) is 19.9 Å². The van der Waals surface area contributed by atoms with Crippen LogP contribution in [0.15, 0.2) is 4.40 Å². The second-order valence-electron chi connectivity index (χ2n) is 5.96. The number of ether oxygens (including phenoxy) is 1. The molecule has 9 heteroatoms. The number of nitrogens with zero attached hydrogens (tertiary/aromatic N) is 2. The van der Waals surface area contributed by atoms with Gasteiger partial charge in [-0.05, 0) is 17.2 Å². The Morgan fingerprint density at radius 3 is 2.12 bits per heavy atom. The summed E-state index contributed by atoms with van der Waals surface area (Å²) in [7, 11) is 2.75. The van der Waals surface area contributed by atoms with Gasteiger partial charge in [-0.2, -0.15) is 0 Å². The van der Waals surface area contributed by atoms with Gasteiger partial charge in [-0.25, -0.2) is 13.3 Å². The van der Waals surface area contributed by atoms with E-state index in [4.69, 9.17) is 8.92 Å². The standard InChI is InChI=1S/C17H34N2O4S3/c1-5-6-7-8-9-10-11-12-13-14-15-24-26(21)19(3)17(20)23-25-18-16(2)22-4/h5-15H2,1-4H3/b18-16+. The number of hydrogen-bond acceptors (Lipinski definition) is 7. The molecule has 0 aliphatic rings. The molecule has 0 saturated carbocycles. The summed E-state index contributed by atoms with van der Waals surface area (Å²) in [5.74, 6) is 1.16. The summed E-state index contributed by atoms with van der Waals surface area (Å²) in [5.41, 5.74) is 0. The number of methoxy groups -OCH3 is 1. The summed E-state index contributed by atoms with van der Waals surface area (Å²) in [6.45, 7) is 3.88. The molecule has 0 aliphatic carbocycles. The van der Waals surface area contributed by atoms with Crippen LogP contribution in [0.25, 0.3) is 0 Å². The summed E-state index contributed by atoms with van der Waals surface area (Å²) < 4.78 is 26.6. The van der Waals surface area contributed by atoms with Crippen molar-refractivity contribution >= 4 is 45.0 Å². The Morgan fingerprint density at radius 2 is 1.58 bits per heavy atom. The largest absolute Gasteiger partial charge is 0.484 e. The molecule has 1 unspecified atom stereocenters. The third-order valence-corrected chi connectivity index (χ3v) is 7.31. The van der Waals surface area contributed by atoms with Crippen molar-refractivity contribution in [3.63, 3.8) is 0 Å². The van der Waals surface area contributed by atoms with Crippen LogP contribution in [0.5, 0.6) is 0 Å². The van der Waals surface area contributed by atoms with Crippen LogP contribution in [0.2, 0.25) is 0 Å². The van der Waals surface area contributed by atoms with Gasteiger partial charge < -0.3 is 8.92 Å². The molecule has 0 N–H and O–H groups in total. The van der Waals surface area contributed by atoms with Crippen molar-refractivity contribution in [3.8, 4) is 0 Å². The molecule has 0 bridgehead atoms. The fraction of sp³-hybridized carbons (Fsp3) is 0.882. The zero-order valence-corrected chi connectivity index (χ0v) is 19.0. The quantitative estimate of drug-likeness (QED) is 0.0809. The average molecular weight is 427 g/mol. The highest BCUT2D eigenvalue weighted by Crippen LogP contribution is 2.18. The van der Waals surface area contributed by atoms with E-state index in [2.05, 4.69) is 11.3 Å². The van der Waals surface area contributed by atoms with Gasteiger partial charge in [0, 0.05) is 19.7 Å². The Balaban J connectivity index is 3.61. The Hall–Kier alpha value is -0.410. The molecule has 0 fully saturated rings. The normalized spacial score (nSPS) is 12.7. The van der Waals surface area contributed by atoms with Crippen LogP contribution in [0.3, 0.4) is 0 Å². The summed E-state index contributed by atoms with van der Waals surface area (Å²) in [4.78, 5) is 11.7. The number of carbonyl (C=O) groups excluding carboxylic acids is 1. The number of hydrogen-bond donors (Lipinski definition) is 0. The fourth-order valence-electron chi connectivity index (χ4n) is 2.05. The van der Waals surface area contributed by atoms with E-state index >= 15 is 0 Å². The van der Waals surface area contributed by atoms with E-state index in [0.717, 1.165) is 22.9 Å². The van der Waals surface area contributed by atoms with Crippen molar-refractivity contribution in [2.45, 2.75) is 78.1 Å². The summed E-state index contributed by atoms with van der Waals surface area (Å²) >= 11 is 0.613. The monoisotopic (exact) mass is 426 g/mol. The predicted molar refractivity (Wildman–Crippen MR) is 114 cm³/mol. The second-order valence-corrected chi connectivity index (χ2v) is 9.64. The van der Waals surface area contributed by atoms with Crippen LogP contribution < -0.4 is 0 Å². The molecule has 154 valence electrons. The van der Waals surface area contributed by atoms with Gasteiger partial charge in [0.25, 0.3) is 0 Å². The minimum Gasteiger partial charge on any atom is -0.484 e. The molecule has 0 aromatic carbocycles. The molecular weight excluding hydrogens is 392 g/mol. The van der Waals surface area contributed by atoms with Crippen LogP contribution in [0.4, 0.5) is 4.79 Å². The molecule has 0 aromatic rings. The molecule has 1 atom stereocenters. The lowest BCUT2D eigenvalue weighted by Crippen LogP contribution is -2.26.